The molecule has 0 bridgehead atoms. The monoisotopic (exact) mass is 376 g/mol. The van der Waals surface area contributed by atoms with Crippen LogP contribution in [0.4, 0.5) is 5.13 Å². The maximum absolute atomic E-state index is 12.5. The van der Waals surface area contributed by atoms with Gasteiger partial charge in [0.1, 0.15) is 5.58 Å². The number of fused-ring (bicyclic) bond motifs is 1. The minimum atomic E-state index is -0.500. The Morgan fingerprint density at radius 1 is 1.11 bits per heavy atom. The highest BCUT2D eigenvalue weighted by atomic mass is 32.1. The topological polar surface area (TPSA) is 72.2 Å². The summed E-state index contributed by atoms with van der Waals surface area (Å²) in [5, 5.41) is 5.50. The summed E-state index contributed by atoms with van der Waals surface area (Å²) in [7, 11) is 0. The molecule has 6 heteroatoms. The maximum Gasteiger partial charge on any atom is 0.293 e. The Labute approximate surface area is 159 Å². The van der Waals surface area contributed by atoms with Crippen LogP contribution in [0.1, 0.15) is 21.7 Å². The fraction of sp³-hybridized carbons (Fsp3) is 0.0952. The van der Waals surface area contributed by atoms with Gasteiger partial charge in [0, 0.05) is 17.0 Å². The third-order valence-electron chi connectivity index (χ3n) is 4.25. The van der Waals surface area contributed by atoms with Gasteiger partial charge >= 0.3 is 0 Å². The van der Waals surface area contributed by atoms with E-state index >= 15 is 0 Å². The van der Waals surface area contributed by atoms with E-state index < -0.39 is 5.91 Å². The number of hydrogen-bond donors (Lipinski definition) is 1. The predicted molar refractivity (Wildman–Crippen MR) is 107 cm³/mol. The Balaban J connectivity index is 1.62. The van der Waals surface area contributed by atoms with Gasteiger partial charge in [0.2, 0.25) is 0 Å². The number of aromatic nitrogens is 1. The van der Waals surface area contributed by atoms with Gasteiger partial charge in [-0.15, -0.1) is 11.3 Å². The summed E-state index contributed by atoms with van der Waals surface area (Å²) >= 11 is 1.33. The Morgan fingerprint density at radius 3 is 2.78 bits per heavy atom. The number of nitrogens with zero attached hydrogens (tertiary/aromatic N) is 1. The third kappa shape index (κ3) is 3.39. The predicted octanol–water partition coefficient (Wildman–Crippen LogP) is 4.79. The van der Waals surface area contributed by atoms with Crippen molar-refractivity contribution in [3.63, 3.8) is 0 Å². The molecule has 2 aromatic carbocycles. The number of carbonyl (C=O) groups excluding carboxylic acids is 1. The van der Waals surface area contributed by atoms with Crippen LogP contribution in [0.25, 0.3) is 22.2 Å². The second-order valence-corrected chi connectivity index (χ2v) is 7.14. The lowest BCUT2D eigenvalue weighted by Crippen LogP contribution is -2.14. The number of hydrogen-bond acceptors (Lipinski definition) is 5. The van der Waals surface area contributed by atoms with E-state index in [1.165, 1.54) is 17.4 Å². The number of nitrogens with one attached hydrogen (secondary N) is 1. The molecule has 0 fully saturated rings. The van der Waals surface area contributed by atoms with E-state index in [2.05, 4.69) is 22.4 Å². The zero-order valence-electron chi connectivity index (χ0n) is 14.8. The van der Waals surface area contributed by atoms with Gasteiger partial charge in [0.25, 0.3) is 5.91 Å². The average molecular weight is 376 g/mol. The van der Waals surface area contributed by atoms with Crippen molar-refractivity contribution in [2.75, 3.05) is 5.32 Å². The summed E-state index contributed by atoms with van der Waals surface area (Å²) in [5.41, 5.74) is 4.22. The van der Waals surface area contributed by atoms with Crippen LogP contribution in [0, 0.1) is 13.8 Å². The fourth-order valence-electron chi connectivity index (χ4n) is 2.84. The number of para-hydroxylation sites is 1. The first kappa shape index (κ1) is 17.2. The van der Waals surface area contributed by atoms with E-state index in [0.29, 0.717) is 16.1 Å². The summed E-state index contributed by atoms with van der Waals surface area (Å²) < 4.78 is 5.57. The first-order valence-corrected chi connectivity index (χ1v) is 9.26. The molecule has 0 saturated carbocycles. The van der Waals surface area contributed by atoms with E-state index in [9.17, 15) is 9.59 Å². The molecule has 27 heavy (non-hydrogen) atoms. The Kier molecular flexibility index (Phi) is 4.33. The second-order valence-electron chi connectivity index (χ2n) is 6.28. The van der Waals surface area contributed by atoms with E-state index in [1.807, 2.05) is 25.3 Å². The number of thiazole rings is 1. The lowest BCUT2D eigenvalue weighted by atomic mass is 10.0. The summed E-state index contributed by atoms with van der Waals surface area (Å²) in [6, 6.07) is 14.2. The number of aryl methyl sites for hydroxylation is 2. The summed E-state index contributed by atoms with van der Waals surface area (Å²) in [4.78, 5) is 29.2. The molecule has 0 aliphatic heterocycles. The van der Waals surface area contributed by atoms with Crippen molar-refractivity contribution in [2.24, 2.45) is 0 Å². The molecule has 0 saturated heterocycles. The van der Waals surface area contributed by atoms with Gasteiger partial charge in [-0.25, -0.2) is 4.98 Å². The summed E-state index contributed by atoms with van der Waals surface area (Å²) in [5.74, 6) is -0.540. The van der Waals surface area contributed by atoms with Gasteiger partial charge in [-0.05, 0) is 37.6 Å². The first-order chi connectivity index (χ1) is 13.0. The minimum Gasteiger partial charge on any atom is -0.451 e. The molecule has 0 atom stereocenters. The summed E-state index contributed by atoms with van der Waals surface area (Å²) in [6.45, 7) is 4.05. The highest BCUT2D eigenvalue weighted by molar-refractivity contribution is 7.14. The molecule has 0 aliphatic carbocycles. The van der Waals surface area contributed by atoms with E-state index in [0.717, 1.165) is 22.4 Å². The lowest BCUT2D eigenvalue weighted by molar-refractivity contribution is 0.0997. The van der Waals surface area contributed by atoms with Gasteiger partial charge in [0.05, 0.1) is 11.1 Å². The molecule has 4 rings (SSSR count). The van der Waals surface area contributed by atoms with Crippen LogP contribution in [-0.2, 0) is 0 Å². The Hall–Kier alpha value is -3.25. The van der Waals surface area contributed by atoms with Crippen molar-refractivity contribution in [3.8, 4) is 11.3 Å². The standard InChI is InChI=1S/C21H16N2O3S/c1-12-7-8-13(2)15(9-12)16-11-27-21(22-16)23-20(25)19-10-17(24)14-5-3-4-6-18(14)26-19/h3-11H,1-2H3,(H,22,23,25). The largest absolute Gasteiger partial charge is 0.451 e. The van der Waals surface area contributed by atoms with Crippen LogP contribution in [0.15, 0.2) is 63.1 Å². The van der Waals surface area contributed by atoms with Crippen LogP contribution in [0.2, 0.25) is 0 Å². The molecule has 5 nitrogen and oxygen atoms in total. The highest BCUT2D eigenvalue weighted by Gasteiger charge is 2.15. The maximum atomic E-state index is 12.5. The molecule has 2 heterocycles. The normalized spacial score (nSPS) is 10.9. The molecule has 0 aliphatic rings. The Morgan fingerprint density at radius 2 is 1.93 bits per heavy atom. The number of anilines is 1. The van der Waals surface area contributed by atoms with Crippen molar-refractivity contribution in [1.82, 2.24) is 4.98 Å². The van der Waals surface area contributed by atoms with Gasteiger partial charge in [0.15, 0.2) is 16.3 Å². The summed E-state index contributed by atoms with van der Waals surface area (Å²) in [6.07, 6.45) is 0. The molecule has 0 spiro atoms. The van der Waals surface area contributed by atoms with Gasteiger partial charge in [-0.3, -0.25) is 14.9 Å². The van der Waals surface area contributed by atoms with Crippen molar-refractivity contribution in [1.29, 1.82) is 0 Å². The molecule has 1 N–H and O–H groups in total. The molecular formula is C21H16N2O3S. The first-order valence-electron chi connectivity index (χ1n) is 8.38. The third-order valence-corrected chi connectivity index (χ3v) is 5.01. The van der Waals surface area contributed by atoms with Crippen molar-refractivity contribution < 1.29 is 9.21 Å². The van der Waals surface area contributed by atoms with Crippen LogP contribution >= 0.6 is 11.3 Å². The number of rotatable bonds is 3. The van der Waals surface area contributed by atoms with E-state index in [1.54, 1.807) is 24.3 Å². The molecule has 0 radical (unpaired) electrons. The number of amides is 1. The number of carbonyl (C=O) groups is 1. The van der Waals surface area contributed by atoms with Crippen molar-refractivity contribution >= 4 is 33.3 Å². The van der Waals surface area contributed by atoms with Crippen LogP contribution in [-0.4, -0.2) is 10.9 Å². The van der Waals surface area contributed by atoms with Crippen LogP contribution in [0.3, 0.4) is 0 Å². The molecule has 0 unspecified atom stereocenters. The molecule has 2 aromatic heterocycles. The van der Waals surface area contributed by atoms with Crippen LogP contribution < -0.4 is 10.7 Å². The van der Waals surface area contributed by atoms with E-state index in [4.69, 9.17) is 4.42 Å². The zero-order valence-corrected chi connectivity index (χ0v) is 15.6. The molecular weight excluding hydrogens is 360 g/mol. The molecule has 4 aromatic rings. The molecule has 1 amide bonds. The average Bonchev–Trinajstić information content (AvgIpc) is 3.12. The smallest absolute Gasteiger partial charge is 0.293 e. The second kappa shape index (κ2) is 6.81. The van der Waals surface area contributed by atoms with E-state index in [-0.39, 0.29) is 11.2 Å². The van der Waals surface area contributed by atoms with Gasteiger partial charge in [-0.1, -0.05) is 29.8 Å². The quantitative estimate of drug-likeness (QED) is 0.558. The number of benzene rings is 2. The van der Waals surface area contributed by atoms with Crippen molar-refractivity contribution in [2.45, 2.75) is 13.8 Å². The van der Waals surface area contributed by atoms with Gasteiger partial charge in [-0.2, -0.15) is 0 Å². The minimum absolute atomic E-state index is 0.0396. The fourth-order valence-corrected chi connectivity index (χ4v) is 3.55. The Bertz CT molecular complexity index is 1220. The molecule has 134 valence electrons. The zero-order chi connectivity index (χ0) is 19.0. The highest BCUT2D eigenvalue weighted by Crippen LogP contribution is 2.28. The van der Waals surface area contributed by atoms with Crippen molar-refractivity contribution in [3.05, 3.63) is 81.0 Å². The SMILES string of the molecule is Cc1ccc(C)c(-c2csc(NC(=O)c3cc(=O)c4ccccc4o3)n2)c1. The van der Waals surface area contributed by atoms with Gasteiger partial charge < -0.3 is 4.42 Å². The van der Waals surface area contributed by atoms with Crippen LogP contribution in [0.5, 0.6) is 0 Å². The lowest BCUT2D eigenvalue weighted by Gasteiger charge is -2.04.